The third kappa shape index (κ3) is 2.15. The van der Waals surface area contributed by atoms with Crippen LogP contribution in [0.4, 0.5) is 10.1 Å². The van der Waals surface area contributed by atoms with Crippen LogP contribution in [0.2, 0.25) is 0 Å². The second-order valence-electron chi connectivity index (χ2n) is 3.96. The maximum absolute atomic E-state index is 13.7. The van der Waals surface area contributed by atoms with Crippen molar-refractivity contribution in [2.24, 2.45) is 0 Å². The summed E-state index contributed by atoms with van der Waals surface area (Å²) >= 11 is 3.40. The van der Waals surface area contributed by atoms with Crippen LogP contribution in [-0.2, 0) is 0 Å². The summed E-state index contributed by atoms with van der Waals surface area (Å²) in [5.74, 6) is 0.133. The first-order valence-electron chi connectivity index (χ1n) is 5.49. The minimum Gasteiger partial charge on any atom is -0.453 e. The van der Waals surface area contributed by atoms with Crippen molar-refractivity contribution in [3.63, 3.8) is 0 Å². The van der Waals surface area contributed by atoms with Gasteiger partial charge in [-0.1, -0.05) is 0 Å². The normalized spacial score (nSPS) is 10.8. The lowest BCUT2D eigenvalue weighted by molar-refractivity contribution is 0.446. The van der Waals surface area contributed by atoms with Gasteiger partial charge in [-0.25, -0.2) is 9.37 Å². The zero-order chi connectivity index (χ0) is 13.4. The van der Waals surface area contributed by atoms with Crippen molar-refractivity contribution in [1.82, 2.24) is 9.97 Å². The van der Waals surface area contributed by atoms with Gasteiger partial charge in [0, 0.05) is 28.6 Å². The summed E-state index contributed by atoms with van der Waals surface area (Å²) in [4.78, 5) is 7.15. The zero-order valence-electron chi connectivity index (χ0n) is 9.65. The standard InChI is InChI=1S/C13H9BrFN3O/c14-8-6-18-13-12(8)11(3-4-17-13)19-10-2-1-7(16)5-9(10)15/h1-6H,16H2,(H,17,18). The number of ether oxygens (including phenoxy) is 1. The number of rotatable bonds is 2. The van der Waals surface area contributed by atoms with Crippen LogP contribution in [0.1, 0.15) is 0 Å². The molecule has 19 heavy (non-hydrogen) atoms. The molecule has 0 aliphatic carbocycles. The monoisotopic (exact) mass is 321 g/mol. The summed E-state index contributed by atoms with van der Waals surface area (Å²) in [6.45, 7) is 0. The van der Waals surface area contributed by atoms with Crippen LogP contribution in [0.3, 0.4) is 0 Å². The number of hydrogen-bond donors (Lipinski definition) is 2. The number of aromatic amines is 1. The third-order valence-corrected chi connectivity index (χ3v) is 3.29. The molecule has 0 saturated carbocycles. The quantitative estimate of drug-likeness (QED) is 0.705. The summed E-state index contributed by atoms with van der Waals surface area (Å²) in [7, 11) is 0. The highest BCUT2D eigenvalue weighted by atomic mass is 79.9. The first kappa shape index (κ1) is 12.0. The molecule has 4 nitrogen and oxygen atoms in total. The van der Waals surface area contributed by atoms with Crippen LogP contribution >= 0.6 is 15.9 Å². The molecule has 3 rings (SSSR count). The second-order valence-corrected chi connectivity index (χ2v) is 4.82. The van der Waals surface area contributed by atoms with Gasteiger partial charge in [0.15, 0.2) is 11.6 Å². The molecule has 0 spiro atoms. The number of hydrogen-bond acceptors (Lipinski definition) is 3. The zero-order valence-corrected chi connectivity index (χ0v) is 11.2. The van der Waals surface area contributed by atoms with Crippen LogP contribution in [0, 0.1) is 5.82 Å². The van der Waals surface area contributed by atoms with Gasteiger partial charge in [0.25, 0.3) is 0 Å². The largest absolute Gasteiger partial charge is 0.453 e. The third-order valence-electron chi connectivity index (χ3n) is 2.66. The molecule has 0 saturated heterocycles. The molecule has 0 aliphatic rings. The SMILES string of the molecule is Nc1ccc(Oc2ccnc3[nH]cc(Br)c23)c(F)c1. The molecule has 6 heteroatoms. The maximum Gasteiger partial charge on any atom is 0.167 e. The predicted octanol–water partition coefficient (Wildman–Crippen LogP) is 3.84. The van der Waals surface area contributed by atoms with E-state index in [-0.39, 0.29) is 5.75 Å². The van der Waals surface area contributed by atoms with Crippen molar-refractivity contribution in [2.75, 3.05) is 5.73 Å². The minimum atomic E-state index is -0.503. The van der Waals surface area contributed by atoms with E-state index in [4.69, 9.17) is 10.5 Å². The lowest BCUT2D eigenvalue weighted by atomic mass is 10.3. The molecular formula is C13H9BrFN3O. The van der Waals surface area contributed by atoms with Crippen molar-refractivity contribution in [3.8, 4) is 11.5 Å². The van der Waals surface area contributed by atoms with Crippen molar-refractivity contribution >= 4 is 32.7 Å². The van der Waals surface area contributed by atoms with E-state index < -0.39 is 5.82 Å². The van der Waals surface area contributed by atoms with E-state index in [1.807, 2.05) is 0 Å². The highest BCUT2D eigenvalue weighted by Gasteiger charge is 2.12. The number of H-pyrrole nitrogens is 1. The summed E-state index contributed by atoms with van der Waals surface area (Å²) in [6, 6.07) is 5.98. The van der Waals surface area contributed by atoms with E-state index >= 15 is 0 Å². The Morgan fingerprint density at radius 1 is 1.26 bits per heavy atom. The van der Waals surface area contributed by atoms with Crippen LogP contribution in [-0.4, -0.2) is 9.97 Å². The van der Waals surface area contributed by atoms with Gasteiger partial charge in [-0.15, -0.1) is 0 Å². The molecule has 0 radical (unpaired) electrons. The Hall–Kier alpha value is -2.08. The second kappa shape index (κ2) is 4.55. The van der Waals surface area contributed by atoms with E-state index in [0.29, 0.717) is 17.1 Å². The van der Waals surface area contributed by atoms with Crippen molar-refractivity contribution in [3.05, 3.63) is 46.9 Å². The molecule has 96 valence electrons. The molecule has 0 unspecified atom stereocenters. The van der Waals surface area contributed by atoms with Crippen molar-refractivity contribution < 1.29 is 9.13 Å². The Morgan fingerprint density at radius 2 is 2.11 bits per heavy atom. The van der Waals surface area contributed by atoms with Gasteiger partial charge in [-0.3, -0.25) is 0 Å². The molecule has 2 aromatic heterocycles. The number of nitrogens with one attached hydrogen (secondary N) is 1. The lowest BCUT2D eigenvalue weighted by Crippen LogP contribution is -1.92. The van der Waals surface area contributed by atoms with Crippen LogP contribution in [0.25, 0.3) is 11.0 Å². The predicted molar refractivity (Wildman–Crippen MR) is 74.7 cm³/mol. The summed E-state index contributed by atoms with van der Waals surface area (Å²) in [6.07, 6.45) is 3.35. The van der Waals surface area contributed by atoms with Gasteiger partial charge in [0.2, 0.25) is 0 Å². The van der Waals surface area contributed by atoms with Crippen LogP contribution < -0.4 is 10.5 Å². The lowest BCUT2D eigenvalue weighted by Gasteiger charge is -2.08. The van der Waals surface area contributed by atoms with E-state index in [0.717, 1.165) is 9.86 Å². The Balaban J connectivity index is 2.08. The smallest absolute Gasteiger partial charge is 0.167 e. The first-order valence-corrected chi connectivity index (χ1v) is 6.29. The molecule has 1 aromatic carbocycles. The van der Waals surface area contributed by atoms with Gasteiger partial charge in [-0.2, -0.15) is 0 Å². The van der Waals surface area contributed by atoms with Crippen molar-refractivity contribution in [1.29, 1.82) is 0 Å². The summed E-state index contributed by atoms with van der Waals surface area (Å²) in [5.41, 5.74) is 6.52. The fraction of sp³-hybridized carbons (Fsp3) is 0. The highest BCUT2D eigenvalue weighted by molar-refractivity contribution is 9.10. The van der Waals surface area contributed by atoms with Gasteiger partial charge >= 0.3 is 0 Å². The number of aromatic nitrogens is 2. The fourth-order valence-electron chi connectivity index (χ4n) is 1.79. The number of nitrogen functional groups attached to an aromatic ring is 1. The van der Waals surface area contributed by atoms with E-state index in [2.05, 4.69) is 25.9 Å². The number of anilines is 1. The number of fused-ring (bicyclic) bond motifs is 1. The molecule has 0 aliphatic heterocycles. The van der Waals surface area contributed by atoms with Gasteiger partial charge < -0.3 is 15.5 Å². The average molecular weight is 322 g/mol. The summed E-state index contributed by atoms with van der Waals surface area (Å²) in [5, 5.41) is 0.763. The molecule has 0 atom stereocenters. The van der Waals surface area contributed by atoms with Gasteiger partial charge in [0.05, 0.1) is 5.39 Å². The summed E-state index contributed by atoms with van der Waals surface area (Å²) < 4.78 is 20.1. The Labute approximate surface area is 116 Å². The molecule has 0 fully saturated rings. The average Bonchev–Trinajstić information content (AvgIpc) is 2.76. The Morgan fingerprint density at radius 3 is 2.89 bits per heavy atom. The minimum absolute atomic E-state index is 0.120. The molecular weight excluding hydrogens is 313 g/mol. The molecule has 3 N–H and O–H groups in total. The van der Waals surface area contributed by atoms with Gasteiger partial charge in [-0.05, 0) is 34.1 Å². The van der Waals surface area contributed by atoms with Crippen LogP contribution in [0.5, 0.6) is 11.5 Å². The molecule has 2 heterocycles. The number of halogens is 2. The Kier molecular flexibility index (Phi) is 2.87. The van der Waals surface area contributed by atoms with E-state index in [9.17, 15) is 4.39 Å². The topological polar surface area (TPSA) is 63.9 Å². The van der Waals surface area contributed by atoms with Crippen LogP contribution in [0.15, 0.2) is 41.1 Å². The first-order chi connectivity index (χ1) is 9.15. The fourth-order valence-corrected chi connectivity index (χ4v) is 2.29. The molecule has 0 bridgehead atoms. The number of pyridine rings is 1. The maximum atomic E-state index is 13.7. The molecule has 0 amide bonds. The Bertz CT molecular complexity index is 757. The van der Waals surface area contributed by atoms with E-state index in [1.165, 1.54) is 12.1 Å². The highest BCUT2D eigenvalue weighted by Crippen LogP contribution is 2.34. The molecule has 3 aromatic rings. The van der Waals surface area contributed by atoms with E-state index in [1.54, 1.807) is 24.5 Å². The number of nitrogens with two attached hydrogens (primary N) is 1. The van der Waals surface area contributed by atoms with Gasteiger partial charge in [0.1, 0.15) is 11.4 Å². The number of nitrogens with zero attached hydrogens (tertiary/aromatic N) is 1. The van der Waals surface area contributed by atoms with Crippen molar-refractivity contribution in [2.45, 2.75) is 0 Å². The number of benzene rings is 1.